The van der Waals surface area contributed by atoms with Crippen molar-refractivity contribution < 1.29 is 14.7 Å². The minimum atomic E-state index is -1.04. The fourth-order valence-electron chi connectivity index (χ4n) is 1.64. The minimum absolute atomic E-state index is 0.0209. The number of hydrogen-bond donors (Lipinski definition) is 4. The Kier molecular flexibility index (Phi) is 8.32. The van der Waals surface area contributed by atoms with Crippen LogP contribution in [0.15, 0.2) is 4.99 Å². The number of carboxylic acids is 1. The van der Waals surface area contributed by atoms with Gasteiger partial charge in [0.15, 0.2) is 5.96 Å². The molecule has 0 rings (SSSR count). The third-order valence-corrected chi connectivity index (χ3v) is 2.73. The van der Waals surface area contributed by atoms with Crippen LogP contribution < -0.4 is 16.8 Å². The Bertz CT molecular complexity index is 327. The van der Waals surface area contributed by atoms with E-state index < -0.39 is 12.0 Å². The van der Waals surface area contributed by atoms with Crippen LogP contribution in [0.2, 0.25) is 0 Å². The molecule has 0 aliphatic rings. The highest BCUT2D eigenvalue weighted by molar-refractivity contribution is 5.84. The third-order valence-electron chi connectivity index (χ3n) is 2.73. The Hall–Kier alpha value is -1.79. The number of nitrogens with two attached hydrogens (primary N) is 2. The summed E-state index contributed by atoms with van der Waals surface area (Å²) in [6.07, 6.45) is 2.43. The van der Waals surface area contributed by atoms with Crippen molar-refractivity contribution in [2.75, 3.05) is 6.54 Å². The summed E-state index contributed by atoms with van der Waals surface area (Å²) in [5.74, 6) is -1.46. The number of aliphatic carboxylic acids is 1. The van der Waals surface area contributed by atoms with Gasteiger partial charge in [0, 0.05) is 12.5 Å². The number of carbonyl (C=O) groups excluding carboxylic acids is 1. The van der Waals surface area contributed by atoms with Crippen molar-refractivity contribution in [3.63, 3.8) is 0 Å². The molecule has 1 amide bonds. The summed E-state index contributed by atoms with van der Waals surface area (Å²) >= 11 is 0. The molecule has 19 heavy (non-hydrogen) atoms. The summed E-state index contributed by atoms with van der Waals surface area (Å²) in [5, 5.41) is 11.6. The van der Waals surface area contributed by atoms with Gasteiger partial charge in [0.2, 0.25) is 5.91 Å². The van der Waals surface area contributed by atoms with Gasteiger partial charge in [-0.1, -0.05) is 20.3 Å². The molecule has 0 saturated heterocycles. The molecule has 0 aromatic rings. The monoisotopic (exact) mass is 272 g/mol. The van der Waals surface area contributed by atoms with E-state index in [1.807, 2.05) is 6.92 Å². The standard InChI is InChI=1S/C12H24N4O3/c1-3-5-8(2)10(17)16-9(11(18)19)6-4-7-15-12(13)14/h8-9H,3-7H2,1-2H3,(H,16,17)(H,18,19)(H4,13,14,15). The van der Waals surface area contributed by atoms with Crippen LogP contribution in [0.1, 0.15) is 39.5 Å². The van der Waals surface area contributed by atoms with Crippen LogP contribution in [0.25, 0.3) is 0 Å². The van der Waals surface area contributed by atoms with Crippen LogP contribution in [-0.4, -0.2) is 35.5 Å². The van der Waals surface area contributed by atoms with Crippen LogP contribution >= 0.6 is 0 Å². The fraction of sp³-hybridized carbons (Fsp3) is 0.750. The van der Waals surface area contributed by atoms with Gasteiger partial charge in [-0.2, -0.15) is 0 Å². The molecule has 0 aromatic carbocycles. The Morgan fingerprint density at radius 1 is 1.32 bits per heavy atom. The quantitative estimate of drug-likeness (QED) is 0.267. The maximum absolute atomic E-state index is 11.7. The van der Waals surface area contributed by atoms with Crippen molar-refractivity contribution in [1.82, 2.24) is 5.32 Å². The number of carboxylic acid groups (broad SMARTS) is 1. The van der Waals surface area contributed by atoms with E-state index in [1.165, 1.54) is 0 Å². The summed E-state index contributed by atoms with van der Waals surface area (Å²) in [5.41, 5.74) is 10.3. The lowest BCUT2D eigenvalue weighted by Crippen LogP contribution is -2.43. The average Bonchev–Trinajstić information content (AvgIpc) is 2.32. The molecule has 7 heteroatoms. The van der Waals surface area contributed by atoms with Gasteiger partial charge in [-0.25, -0.2) is 4.79 Å². The summed E-state index contributed by atoms with van der Waals surface area (Å²) in [6, 6.07) is -0.888. The zero-order valence-electron chi connectivity index (χ0n) is 11.6. The highest BCUT2D eigenvalue weighted by Gasteiger charge is 2.21. The summed E-state index contributed by atoms with van der Waals surface area (Å²) in [6.45, 7) is 4.12. The second-order valence-electron chi connectivity index (χ2n) is 4.54. The van der Waals surface area contributed by atoms with E-state index in [9.17, 15) is 9.59 Å². The Morgan fingerprint density at radius 3 is 2.42 bits per heavy atom. The predicted molar refractivity (Wildman–Crippen MR) is 73.5 cm³/mol. The highest BCUT2D eigenvalue weighted by atomic mass is 16.4. The van der Waals surface area contributed by atoms with Gasteiger partial charge in [-0.3, -0.25) is 9.79 Å². The van der Waals surface area contributed by atoms with Gasteiger partial charge < -0.3 is 21.9 Å². The Labute approximate surface area is 113 Å². The molecule has 2 atom stereocenters. The Balaban J connectivity index is 4.23. The molecule has 0 fully saturated rings. The number of rotatable bonds is 9. The molecule has 6 N–H and O–H groups in total. The molecule has 7 nitrogen and oxygen atoms in total. The van der Waals surface area contributed by atoms with Crippen molar-refractivity contribution in [3.05, 3.63) is 0 Å². The highest BCUT2D eigenvalue weighted by Crippen LogP contribution is 2.07. The van der Waals surface area contributed by atoms with Crippen LogP contribution in [0.3, 0.4) is 0 Å². The molecule has 2 unspecified atom stereocenters. The number of hydrogen-bond acceptors (Lipinski definition) is 3. The number of carbonyl (C=O) groups is 2. The van der Waals surface area contributed by atoms with Gasteiger partial charge >= 0.3 is 5.97 Å². The topological polar surface area (TPSA) is 131 Å². The minimum Gasteiger partial charge on any atom is -0.480 e. The van der Waals surface area contributed by atoms with Gasteiger partial charge in [-0.05, 0) is 19.3 Å². The van der Waals surface area contributed by atoms with Gasteiger partial charge in [-0.15, -0.1) is 0 Å². The maximum atomic E-state index is 11.7. The van der Waals surface area contributed by atoms with E-state index in [0.717, 1.165) is 12.8 Å². The molecular formula is C12H24N4O3. The van der Waals surface area contributed by atoms with Crippen LogP contribution in [0, 0.1) is 5.92 Å². The van der Waals surface area contributed by atoms with Crippen molar-refractivity contribution in [2.24, 2.45) is 22.4 Å². The van der Waals surface area contributed by atoms with E-state index in [0.29, 0.717) is 19.4 Å². The fourth-order valence-corrected chi connectivity index (χ4v) is 1.64. The van der Waals surface area contributed by atoms with Gasteiger partial charge in [0.25, 0.3) is 0 Å². The lowest BCUT2D eigenvalue weighted by Gasteiger charge is -2.17. The zero-order valence-corrected chi connectivity index (χ0v) is 11.6. The lowest BCUT2D eigenvalue weighted by atomic mass is 10.0. The normalized spacial score (nSPS) is 13.4. The summed E-state index contributed by atoms with van der Waals surface area (Å²) < 4.78 is 0. The summed E-state index contributed by atoms with van der Waals surface area (Å²) in [4.78, 5) is 26.6. The van der Waals surface area contributed by atoms with Crippen molar-refractivity contribution in [1.29, 1.82) is 0 Å². The number of nitrogens with one attached hydrogen (secondary N) is 1. The molecule has 110 valence electrons. The summed E-state index contributed by atoms with van der Waals surface area (Å²) in [7, 11) is 0. The van der Waals surface area contributed by atoms with Gasteiger partial charge in [0.1, 0.15) is 6.04 Å². The molecule has 0 heterocycles. The molecular weight excluding hydrogens is 248 g/mol. The zero-order chi connectivity index (χ0) is 14.8. The van der Waals surface area contributed by atoms with Crippen molar-refractivity contribution >= 4 is 17.8 Å². The smallest absolute Gasteiger partial charge is 0.326 e. The van der Waals surface area contributed by atoms with E-state index in [-0.39, 0.29) is 17.8 Å². The van der Waals surface area contributed by atoms with E-state index in [1.54, 1.807) is 6.92 Å². The van der Waals surface area contributed by atoms with Crippen molar-refractivity contribution in [2.45, 2.75) is 45.6 Å². The second-order valence-corrected chi connectivity index (χ2v) is 4.54. The predicted octanol–water partition coefficient (Wildman–Crippen LogP) is 0.0456. The molecule has 0 aromatic heterocycles. The lowest BCUT2D eigenvalue weighted by molar-refractivity contribution is -0.142. The number of aliphatic imine (C=N–C) groups is 1. The average molecular weight is 272 g/mol. The molecule has 0 radical (unpaired) electrons. The number of guanidine groups is 1. The third kappa shape index (κ3) is 8.01. The van der Waals surface area contributed by atoms with Crippen LogP contribution in [0.5, 0.6) is 0 Å². The largest absolute Gasteiger partial charge is 0.480 e. The van der Waals surface area contributed by atoms with Gasteiger partial charge in [0.05, 0.1) is 0 Å². The first-order valence-corrected chi connectivity index (χ1v) is 6.47. The first-order chi connectivity index (χ1) is 8.88. The van der Waals surface area contributed by atoms with Crippen LogP contribution in [0.4, 0.5) is 0 Å². The molecule has 0 spiro atoms. The van der Waals surface area contributed by atoms with Crippen molar-refractivity contribution in [3.8, 4) is 0 Å². The number of nitrogens with zero attached hydrogens (tertiary/aromatic N) is 1. The van der Waals surface area contributed by atoms with E-state index >= 15 is 0 Å². The first-order valence-electron chi connectivity index (χ1n) is 6.47. The molecule has 0 aliphatic carbocycles. The number of amides is 1. The van der Waals surface area contributed by atoms with E-state index in [2.05, 4.69) is 10.3 Å². The molecule has 0 saturated carbocycles. The first kappa shape index (κ1) is 17.2. The van der Waals surface area contributed by atoms with E-state index in [4.69, 9.17) is 16.6 Å². The maximum Gasteiger partial charge on any atom is 0.326 e. The SMILES string of the molecule is CCCC(C)C(=O)NC(CCCN=C(N)N)C(=O)O. The second kappa shape index (κ2) is 9.18. The molecule has 0 aliphatic heterocycles. The van der Waals surface area contributed by atoms with Crippen LogP contribution in [-0.2, 0) is 9.59 Å². The molecule has 0 bridgehead atoms. The Morgan fingerprint density at radius 2 is 1.95 bits per heavy atom.